The molecule has 12 heteroatoms. The largest absolute Gasteiger partial charge is 0.376 e. The van der Waals surface area contributed by atoms with E-state index in [2.05, 4.69) is 15.5 Å². The van der Waals surface area contributed by atoms with Gasteiger partial charge in [0, 0.05) is 51.5 Å². The zero-order valence-corrected chi connectivity index (χ0v) is 17.7. The Bertz CT molecular complexity index is 1020. The summed E-state index contributed by atoms with van der Waals surface area (Å²) in [6.07, 6.45) is 2.34. The molecule has 31 heavy (non-hydrogen) atoms. The van der Waals surface area contributed by atoms with E-state index in [4.69, 9.17) is 4.74 Å². The maximum Gasteiger partial charge on any atom is 0.270 e. The van der Waals surface area contributed by atoms with Crippen LogP contribution in [0.4, 0.5) is 17.3 Å². The smallest absolute Gasteiger partial charge is 0.270 e. The van der Waals surface area contributed by atoms with Crippen molar-refractivity contribution in [2.75, 3.05) is 49.5 Å². The summed E-state index contributed by atoms with van der Waals surface area (Å²) >= 11 is 0. The second-order valence-electron chi connectivity index (χ2n) is 7.44. The standard InChI is InChI=1S/C19H24N6O5S/c26-25(27)15-3-1-5-17(13-15)31(28,29)24-10-8-23(9-11-24)19-7-6-18(21-22-19)20-14-16-4-2-12-30-16/h1,3,5-7,13,16H,2,4,8-12,14H2,(H,20,21). The van der Waals surface area contributed by atoms with E-state index in [1.165, 1.54) is 22.5 Å². The summed E-state index contributed by atoms with van der Waals surface area (Å²) in [6, 6.07) is 8.83. The van der Waals surface area contributed by atoms with E-state index in [0.29, 0.717) is 31.3 Å². The van der Waals surface area contributed by atoms with Crippen molar-refractivity contribution in [2.45, 2.75) is 23.8 Å². The Morgan fingerprint density at radius 1 is 1.16 bits per heavy atom. The number of ether oxygens (including phenoxy) is 1. The molecule has 11 nitrogen and oxygen atoms in total. The van der Waals surface area contributed by atoms with Gasteiger partial charge in [-0.2, -0.15) is 4.31 Å². The van der Waals surface area contributed by atoms with Gasteiger partial charge in [-0.15, -0.1) is 10.2 Å². The topological polar surface area (TPSA) is 131 Å². The van der Waals surface area contributed by atoms with Crippen molar-refractivity contribution in [1.82, 2.24) is 14.5 Å². The second kappa shape index (κ2) is 9.12. The summed E-state index contributed by atoms with van der Waals surface area (Å²) in [5.74, 6) is 1.35. The summed E-state index contributed by atoms with van der Waals surface area (Å²) in [5, 5.41) is 22.6. The quantitative estimate of drug-likeness (QED) is 0.494. The summed E-state index contributed by atoms with van der Waals surface area (Å²) in [5.41, 5.74) is -0.247. The molecule has 0 spiro atoms. The molecule has 3 heterocycles. The Balaban J connectivity index is 1.34. The number of rotatable bonds is 7. The predicted octanol–water partition coefficient (Wildman–Crippen LogP) is 1.49. The number of hydrogen-bond acceptors (Lipinski definition) is 9. The molecule has 0 radical (unpaired) electrons. The number of nitro groups is 1. The molecule has 2 fully saturated rings. The van der Waals surface area contributed by atoms with Crippen LogP contribution in [0.2, 0.25) is 0 Å². The summed E-state index contributed by atoms with van der Waals surface area (Å²) < 4.78 is 32.7. The minimum absolute atomic E-state index is 0.0726. The van der Waals surface area contributed by atoms with Crippen LogP contribution in [0.25, 0.3) is 0 Å². The zero-order valence-electron chi connectivity index (χ0n) is 16.9. The van der Waals surface area contributed by atoms with Crippen LogP contribution in [0, 0.1) is 10.1 Å². The second-order valence-corrected chi connectivity index (χ2v) is 9.38. The van der Waals surface area contributed by atoms with Gasteiger partial charge in [0.2, 0.25) is 10.0 Å². The Morgan fingerprint density at radius 3 is 2.61 bits per heavy atom. The molecule has 1 aromatic carbocycles. The van der Waals surface area contributed by atoms with Gasteiger partial charge in [-0.25, -0.2) is 8.42 Å². The van der Waals surface area contributed by atoms with Crippen molar-refractivity contribution in [3.8, 4) is 0 Å². The molecular weight excluding hydrogens is 424 g/mol. The van der Waals surface area contributed by atoms with E-state index in [1.54, 1.807) is 0 Å². The Hall–Kier alpha value is -2.83. The van der Waals surface area contributed by atoms with Crippen molar-refractivity contribution in [1.29, 1.82) is 0 Å². The first-order chi connectivity index (χ1) is 14.9. The van der Waals surface area contributed by atoms with E-state index in [-0.39, 0.29) is 29.8 Å². The molecule has 0 amide bonds. The third-order valence-corrected chi connectivity index (χ3v) is 7.31. The van der Waals surface area contributed by atoms with E-state index < -0.39 is 14.9 Å². The van der Waals surface area contributed by atoms with Crippen molar-refractivity contribution < 1.29 is 18.1 Å². The van der Waals surface area contributed by atoms with Gasteiger partial charge in [0.05, 0.1) is 15.9 Å². The van der Waals surface area contributed by atoms with Gasteiger partial charge < -0.3 is 15.0 Å². The molecule has 166 valence electrons. The molecule has 0 bridgehead atoms. The van der Waals surface area contributed by atoms with Gasteiger partial charge in [-0.3, -0.25) is 10.1 Å². The molecule has 2 saturated heterocycles. The van der Waals surface area contributed by atoms with Crippen LogP contribution >= 0.6 is 0 Å². The highest BCUT2D eigenvalue weighted by molar-refractivity contribution is 7.89. The molecule has 2 aliphatic heterocycles. The van der Waals surface area contributed by atoms with Crippen LogP contribution in [0.5, 0.6) is 0 Å². The molecule has 1 unspecified atom stereocenters. The average molecular weight is 449 g/mol. The Kier molecular flexibility index (Phi) is 6.30. The highest BCUT2D eigenvalue weighted by Crippen LogP contribution is 2.23. The van der Waals surface area contributed by atoms with Crippen LogP contribution in [0.3, 0.4) is 0 Å². The van der Waals surface area contributed by atoms with E-state index in [0.717, 1.165) is 25.5 Å². The van der Waals surface area contributed by atoms with E-state index in [1.807, 2.05) is 17.0 Å². The zero-order chi connectivity index (χ0) is 21.8. The normalized spacial score (nSPS) is 20.0. The summed E-state index contributed by atoms with van der Waals surface area (Å²) in [4.78, 5) is 12.2. The van der Waals surface area contributed by atoms with Gasteiger partial charge in [-0.1, -0.05) is 6.07 Å². The molecule has 2 aliphatic rings. The molecule has 0 aliphatic carbocycles. The molecule has 1 N–H and O–H groups in total. The van der Waals surface area contributed by atoms with E-state index in [9.17, 15) is 18.5 Å². The van der Waals surface area contributed by atoms with Crippen LogP contribution < -0.4 is 10.2 Å². The number of non-ortho nitro benzene ring substituents is 1. The van der Waals surface area contributed by atoms with Crippen LogP contribution in [0.1, 0.15) is 12.8 Å². The number of hydrogen-bond donors (Lipinski definition) is 1. The number of sulfonamides is 1. The SMILES string of the molecule is O=[N+]([O-])c1cccc(S(=O)(=O)N2CCN(c3ccc(NCC4CCCO4)nn3)CC2)c1. The fourth-order valence-corrected chi connectivity index (χ4v) is 5.14. The minimum atomic E-state index is -3.80. The molecule has 1 aromatic heterocycles. The highest BCUT2D eigenvalue weighted by Gasteiger charge is 2.30. The number of anilines is 2. The number of nitro benzene ring substituents is 1. The highest BCUT2D eigenvalue weighted by atomic mass is 32.2. The van der Waals surface area contributed by atoms with Crippen molar-refractivity contribution in [2.24, 2.45) is 0 Å². The Labute approximate surface area is 180 Å². The number of nitrogens with one attached hydrogen (secondary N) is 1. The average Bonchev–Trinajstić information content (AvgIpc) is 3.32. The number of nitrogens with zero attached hydrogens (tertiary/aromatic N) is 5. The fraction of sp³-hybridized carbons (Fsp3) is 0.474. The number of benzene rings is 1. The van der Waals surface area contributed by atoms with Crippen LogP contribution in [0.15, 0.2) is 41.3 Å². The van der Waals surface area contributed by atoms with Crippen LogP contribution in [-0.2, 0) is 14.8 Å². The molecule has 2 aromatic rings. The maximum atomic E-state index is 12.9. The lowest BCUT2D eigenvalue weighted by molar-refractivity contribution is -0.385. The lowest BCUT2D eigenvalue weighted by Gasteiger charge is -2.34. The fourth-order valence-electron chi connectivity index (χ4n) is 3.68. The van der Waals surface area contributed by atoms with Gasteiger partial charge >= 0.3 is 0 Å². The Morgan fingerprint density at radius 2 is 1.97 bits per heavy atom. The van der Waals surface area contributed by atoms with Crippen molar-refractivity contribution >= 4 is 27.3 Å². The third kappa shape index (κ3) is 4.92. The summed E-state index contributed by atoms with van der Waals surface area (Å²) in [7, 11) is -3.80. The van der Waals surface area contributed by atoms with Gasteiger partial charge in [0.1, 0.15) is 5.82 Å². The van der Waals surface area contributed by atoms with Crippen LogP contribution in [-0.4, -0.2) is 73.3 Å². The summed E-state index contributed by atoms with van der Waals surface area (Å²) in [6.45, 7) is 2.91. The number of piperazine rings is 1. The van der Waals surface area contributed by atoms with Crippen molar-refractivity contribution in [3.63, 3.8) is 0 Å². The van der Waals surface area contributed by atoms with Gasteiger partial charge in [0.25, 0.3) is 5.69 Å². The maximum absolute atomic E-state index is 12.9. The first-order valence-electron chi connectivity index (χ1n) is 10.1. The molecule has 0 saturated carbocycles. The van der Waals surface area contributed by atoms with E-state index >= 15 is 0 Å². The monoisotopic (exact) mass is 448 g/mol. The van der Waals surface area contributed by atoms with Crippen molar-refractivity contribution in [3.05, 3.63) is 46.5 Å². The first-order valence-corrected chi connectivity index (χ1v) is 11.6. The predicted molar refractivity (Wildman–Crippen MR) is 114 cm³/mol. The third-order valence-electron chi connectivity index (χ3n) is 5.41. The van der Waals surface area contributed by atoms with Gasteiger partial charge in [0.15, 0.2) is 5.82 Å². The molecule has 4 rings (SSSR count). The first kappa shape index (κ1) is 21.4. The lowest BCUT2D eigenvalue weighted by Crippen LogP contribution is -2.49. The van der Waals surface area contributed by atoms with Gasteiger partial charge in [-0.05, 0) is 31.0 Å². The number of aromatic nitrogens is 2. The molecular formula is C19H24N6O5S. The lowest BCUT2D eigenvalue weighted by atomic mass is 10.2. The minimum Gasteiger partial charge on any atom is -0.376 e. The molecule has 1 atom stereocenters.